The zero-order valence-corrected chi connectivity index (χ0v) is 11.3. The summed E-state index contributed by atoms with van der Waals surface area (Å²) >= 11 is 0. The first-order chi connectivity index (χ1) is 9.14. The normalized spacial score (nSPS) is 17.1. The lowest BCUT2D eigenvalue weighted by Crippen LogP contribution is -2.08. The van der Waals surface area contributed by atoms with E-state index in [0.29, 0.717) is 6.61 Å². The van der Waals surface area contributed by atoms with Gasteiger partial charge in [0.15, 0.2) is 0 Å². The molecule has 2 aromatic carbocycles. The van der Waals surface area contributed by atoms with Gasteiger partial charge in [0, 0.05) is 10.8 Å². The van der Waals surface area contributed by atoms with Crippen LogP contribution in [0.4, 0.5) is 0 Å². The fourth-order valence-corrected chi connectivity index (χ4v) is 2.35. The third-order valence-corrected chi connectivity index (χ3v) is 3.30. The van der Waals surface area contributed by atoms with Crippen molar-refractivity contribution in [2.45, 2.75) is 13.8 Å². The molecule has 0 bridgehead atoms. The van der Waals surface area contributed by atoms with Gasteiger partial charge in [-0.15, -0.1) is 0 Å². The molecule has 0 saturated carbocycles. The second kappa shape index (κ2) is 4.61. The molecule has 19 heavy (non-hydrogen) atoms. The summed E-state index contributed by atoms with van der Waals surface area (Å²) < 4.78 is 11.5. The van der Waals surface area contributed by atoms with Crippen molar-refractivity contribution in [3.8, 4) is 5.75 Å². The molecular weight excluding hydrogens is 236 g/mol. The Balaban J connectivity index is 1.79. The third-order valence-electron chi connectivity index (χ3n) is 3.30. The summed E-state index contributed by atoms with van der Waals surface area (Å²) in [6.07, 6.45) is 2.15. The first-order valence-electron chi connectivity index (χ1n) is 6.59. The lowest BCUT2D eigenvalue weighted by molar-refractivity contribution is 0.158. The second-order valence-electron chi connectivity index (χ2n) is 5.65. The molecule has 0 atom stereocenters. The van der Waals surface area contributed by atoms with Crippen molar-refractivity contribution in [2.75, 3.05) is 13.2 Å². The van der Waals surface area contributed by atoms with Crippen LogP contribution >= 0.6 is 0 Å². The van der Waals surface area contributed by atoms with Crippen molar-refractivity contribution in [1.82, 2.24) is 0 Å². The van der Waals surface area contributed by atoms with E-state index >= 15 is 0 Å². The fourth-order valence-electron chi connectivity index (χ4n) is 2.35. The van der Waals surface area contributed by atoms with Crippen molar-refractivity contribution in [1.29, 1.82) is 0 Å². The van der Waals surface area contributed by atoms with Crippen molar-refractivity contribution in [3.05, 3.63) is 54.3 Å². The average molecular weight is 254 g/mol. The molecule has 98 valence electrons. The summed E-state index contributed by atoms with van der Waals surface area (Å²) in [6, 6.07) is 14.4. The number of ether oxygens (including phenoxy) is 2. The second-order valence-corrected chi connectivity index (χ2v) is 5.65. The summed E-state index contributed by atoms with van der Waals surface area (Å²) in [5.74, 6) is 1.84. The van der Waals surface area contributed by atoms with Crippen LogP contribution in [0.2, 0.25) is 0 Å². The van der Waals surface area contributed by atoms with Gasteiger partial charge in [-0.1, -0.05) is 50.2 Å². The molecule has 2 nitrogen and oxygen atoms in total. The summed E-state index contributed by atoms with van der Waals surface area (Å²) in [5, 5.41) is 2.34. The number of benzene rings is 2. The molecule has 1 heterocycles. The smallest absolute Gasteiger partial charge is 0.145 e. The van der Waals surface area contributed by atoms with E-state index < -0.39 is 0 Å². The van der Waals surface area contributed by atoms with Gasteiger partial charge < -0.3 is 9.47 Å². The van der Waals surface area contributed by atoms with Crippen LogP contribution in [-0.4, -0.2) is 13.2 Å². The maximum Gasteiger partial charge on any atom is 0.145 e. The first-order valence-corrected chi connectivity index (χ1v) is 6.59. The topological polar surface area (TPSA) is 18.5 Å². The molecular formula is C17H18O2. The Morgan fingerprint density at radius 3 is 2.68 bits per heavy atom. The van der Waals surface area contributed by atoms with Gasteiger partial charge in [-0.05, 0) is 17.5 Å². The molecule has 0 fully saturated rings. The van der Waals surface area contributed by atoms with Crippen LogP contribution < -0.4 is 4.74 Å². The van der Waals surface area contributed by atoms with Crippen LogP contribution in [0, 0.1) is 5.41 Å². The molecule has 1 aliphatic rings. The highest BCUT2D eigenvalue weighted by atomic mass is 16.5. The summed E-state index contributed by atoms with van der Waals surface area (Å²) in [4.78, 5) is 0. The van der Waals surface area contributed by atoms with Crippen molar-refractivity contribution in [2.24, 2.45) is 5.41 Å². The molecule has 0 aromatic heterocycles. The predicted molar refractivity (Wildman–Crippen MR) is 77.3 cm³/mol. The SMILES string of the molecule is CC1(C)C=C(COc2cccc3ccccc23)OC1. The average Bonchev–Trinajstić information content (AvgIpc) is 2.76. The lowest BCUT2D eigenvalue weighted by atomic mass is 9.96. The largest absolute Gasteiger partial charge is 0.494 e. The third kappa shape index (κ3) is 2.58. The molecule has 0 aliphatic carbocycles. The standard InChI is InChI=1S/C17H18O2/c1-17(2)10-14(19-12-17)11-18-16-9-5-7-13-6-3-4-8-15(13)16/h3-10H,11-12H2,1-2H3. The van der Waals surface area contributed by atoms with Gasteiger partial charge in [-0.25, -0.2) is 0 Å². The van der Waals surface area contributed by atoms with Crippen LogP contribution in [0.25, 0.3) is 10.8 Å². The zero-order chi connectivity index (χ0) is 13.3. The quantitative estimate of drug-likeness (QED) is 0.818. The van der Waals surface area contributed by atoms with E-state index in [0.717, 1.165) is 23.5 Å². The zero-order valence-electron chi connectivity index (χ0n) is 11.3. The molecule has 0 amide bonds. The Bertz CT molecular complexity index is 621. The van der Waals surface area contributed by atoms with Gasteiger partial charge in [0.1, 0.15) is 18.1 Å². The Labute approximate surface area is 113 Å². The first kappa shape index (κ1) is 12.1. The minimum absolute atomic E-state index is 0.122. The van der Waals surface area contributed by atoms with E-state index in [9.17, 15) is 0 Å². The molecule has 0 radical (unpaired) electrons. The maximum atomic E-state index is 5.90. The minimum Gasteiger partial charge on any atom is -0.494 e. The van der Waals surface area contributed by atoms with Crippen LogP contribution in [0.3, 0.4) is 0 Å². The van der Waals surface area contributed by atoms with Gasteiger partial charge in [0.2, 0.25) is 0 Å². The van der Waals surface area contributed by atoms with Gasteiger partial charge in [-0.3, -0.25) is 0 Å². The van der Waals surface area contributed by atoms with Crippen LogP contribution in [0.1, 0.15) is 13.8 Å². The summed E-state index contributed by atoms with van der Waals surface area (Å²) in [6.45, 7) is 5.56. The monoisotopic (exact) mass is 254 g/mol. The van der Waals surface area contributed by atoms with Crippen molar-refractivity contribution < 1.29 is 9.47 Å². The number of rotatable bonds is 3. The van der Waals surface area contributed by atoms with E-state index in [-0.39, 0.29) is 5.41 Å². The van der Waals surface area contributed by atoms with Crippen molar-refractivity contribution in [3.63, 3.8) is 0 Å². The lowest BCUT2D eigenvalue weighted by Gasteiger charge is -2.10. The Morgan fingerprint density at radius 2 is 1.89 bits per heavy atom. The molecule has 2 heteroatoms. The van der Waals surface area contributed by atoms with E-state index in [2.05, 4.69) is 38.1 Å². The Hall–Kier alpha value is -1.96. The van der Waals surface area contributed by atoms with E-state index in [1.807, 2.05) is 24.3 Å². The molecule has 3 rings (SSSR count). The van der Waals surface area contributed by atoms with Gasteiger partial charge in [0.05, 0.1) is 6.61 Å². The highest BCUT2D eigenvalue weighted by Crippen LogP contribution is 2.29. The molecule has 0 saturated heterocycles. The number of hydrogen-bond acceptors (Lipinski definition) is 2. The Kier molecular flexibility index (Phi) is 2.94. The highest BCUT2D eigenvalue weighted by Gasteiger charge is 2.24. The fraction of sp³-hybridized carbons (Fsp3) is 0.294. The number of hydrogen-bond donors (Lipinski definition) is 0. The summed E-state index contributed by atoms with van der Waals surface area (Å²) in [5.41, 5.74) is 0.122. The van der Waals surface area contributed by atoms with Crippen LogP contribution in [0.15, 0.2) is 54.3 Å². The van der Waals surface area contributed by atoms with Crippen LogP contribution in [-0.2, 0) is 4.74 Å². The molecule has 2 aromatic rings. The number of fused-ring (bicyclic) bond motifs is 1. The van der Waals surface area contributed by atoms with Gasteiger partial charge in [0.25, 0.3) is 0 Å². The predicted octanol–water partition coefficient (Wildman–Crippen LogP) is 4.16. The van der Waals surface area contributed by atoms with E-state index in [1.165, 1.54) is 5.39 Å². The highest BCUT2D eigenvalue weighted by molar-refractivity contribution is 5.88. The van der Waals surface area contributed by atoms with E-state index in [4.69, 9.17) is 9.47 Å². The minimum atomic E-state index is 0.122. The van der Waals surface area contributed by atoms with Crippen LogP contribution in [0.5, 0.6) is 5.75 Å². The molecule has 0 spiro atoms. The maximum absolute atomic E-state index is 5.90. The van der Waals surface area contributed by atoms with E-state index in [1.54, 1.807) is 0 Å². The molecule has 1 aliphatic heterocycles. The molecule has 0 unspecified atom stereocenters. The molecule has 0 N–H and O–H groups in total. The van der Waals surface area contributed by atoms with Gasteiger partial charge >= 0.3 is 0 Å². The Morgan fingerprint density at radius 1 is 1.11 bits per heavy atom. The summed E-state index contributed by atoms with van der Waals surface area (Å²) in [7, 11) is 0. The van der Waals surface area contributed by atoms with Crippen molar-refractivity contribution >= 4 is 10.8 Å². The van der Waals surface area contributed by atoms with Gasteiger partial charge in [-0.2, -0.15) is 0 Å².